The Bertz CT molecular complexity index is 1090. The van der Waals surface area contributed by atoms with E-state index in [-0.39, 0.29) is 12.5 Å². The molecule has 0 atom stereocenters. The van der Waals surface area contributed by atoms with Crippen LogP contribution in [0, 0.1) is 6.92 Å². The van der Waals surface area contributed by atoms with Gasteiger partial charge in [-0.2, -0.15) is 0 Å². The number of para-hydroxylation sites is 2. The summed E-state index contributed by atoms with van der Waals surface area (Å²) in [4.78, 5) is 17.2. The van der Waals surface area contributed by atoms with Crippen molar-refractivity contribution < 1.29 is 9.53 Å². The molecule has 2 heterocycles. The molecule has 0 aliphatic heterocycles. The Balaban J connectivity index is 1.52. The maximum atomic E-state index is 12.6. The van der Waals surface area contributed by atoms with Crippen LogP contribution in [0.2, 0.25) is 0 Å². The lowest BCUT2D eigenvalue weighted by atomic mass is 10.2. The molecule has 4 rings (SSSR count). The molecule has 0 radical (unpaired) electrons. The molecule has 4 aromatic rings. The molecule has 0 aliphatic carbocycles. The Morgan fingerprint density at radius 2 is 1.81 bits per heavy atom. The summed E-state index contributed by atoms with van der Waals surface area (Å²) in [6, 6.07) is 20.6. The Hall–Kier alpha value is -3.60. The van der Waals surface area contributed by atoms with Crippen LogP contribution < -0.4 is 10.1 Å². The fourth-order valence-corrected chi connectivity index (χ4v) is 2.93. The van der Waals surface area contributed by atoms with Crippen LogP contribution in [-0.4, -0.2) is 15.3 Å². The Morgan fingerprint density at radius 1 is 1.04 bits per heavy atom. The summed E-state index contributed by atoms with van der Waals surface area (Å²) in [5.41, 5.74) is 4.05. The summed E-state index contributed by atoms with van der Waals surface area (Å²) in [6.45, 7) is 2.31. The molecule has 0 bridgehead atoms. The molecular formula is C22H19N3O2. The van der Waals surface area contributed by atoms with Gasteiger partial charge in [-0.25, -0.2) is 4.98 Å². The smallest absolute Gasteiger partial charge is 0.259 e. The molecule has 5 heteroatoms. The molecule has 0 unspecified atom stereocenters. The first kappa shape index (κ1) is 16.8. The summed E-state index contributed by atoms with van der Waals surface area (Å²) in [5.74, 6) is 0.322. The minimum atomic E-state index is -0.206. The number of hydrogen-bond acceptors (Lipinski definition) is 3. The topological polar surface area (TPSA) is 55.6 Å². The summed E-state index contributed by atoms with van der Waals surface area (Å²) in [6.07, 6.45) is 3.90. The van der Waals surface area contributed by atoms with Crippen LogP contribution in [0.15, 0.2) is 79.1 Å². The number of aromatic nitrogens is 2. The molecule has 27 heavy (non-hydrogen) atoms. The number of nitrogens with zero attached hydrogens (tertiary/aromatic N) is 2. The second kappa shape index (κ2) is 7.33. The second-order valence-corrected chi connectivity index (χ2v) is 6.26. The van der Waals surface area contributed by atoms with Crippen LogP contribution in [0.4, 0.5) is 5.69 Å². The van der Waals surface area contributed by atoms with Gasteiger partial charge in [0.15, 0.2) is 0 Å². The lowest BCUT2D eigenvalue weighted by molar-refractivity contribution is 0.102. The van der Waals surface area contributed by atoms with Gasteiger partial charge < -0.3 is 14.5 Å². The Labute approximate surface area is 157 Å². The second-order valence-electron chi connectivity index (χ2n) is 6.26. The van der Waals surface area contributed by atoms with Crippen molar-refractivity contribution in [2.45, 2.75) is 13.5 Å². The number of amides is 1. The lowest BCUT2D eigenvalue weighted by Crippen LogP contribution is -2.13. The number of aryl methyl sites for hydroxylation is 1. The van der Waals surface area contributed by atoms with E-state index in [1.54, 1.807) is 12.1 Å². The largest absolute Gasteiger partial charge is 0.486 e. The molecule has 2 aromatic carbocycles. The average molecular weight is 357 g/mol. The van der Waals surface area contributed by atoms with E-state index in [0.717, 1.165) is 22.6 Å². The maximum absolute atomic E-state index is 12.6. The summed E-state index contributed by atoms with van der Waals surface area (Å²) in [5, 5.41) is 2.89. The molecule has 1 N–H and O–H groups in total. The number of hydrogen-bond donors (Lipinski definition) is 1. The summed E-state index contributed by atoms with van der Waals surface area (Å²) >= 11 is 0. The molecule has 134 valence electrons. The first-order valence-corrected chi connectivity index (χ1v) is 8.72. The van der Waals surface area contributed by atoms with Gasteiger partial charge in [0.2, 0.25) is 0 Å². The predicted molar refractivity (Wildman–Crippen MR) is 105 cm³/mol. The number of anilines is 1. The number of carbonyl (C=O) groups is 1. The van der Waals surface area contributed by atoms with Gasteiger partial charge in [-0.15, -0.1) is 0 Å². The van der Waals surface area contributed by atoms with Crippen molar-refractivity contribution in [2.75, 3.05) is 5.32 Å². The van der Waals surface area contributed by atoms with Crippen LogP contribution in [0.3, 0.4) is 0 Å². The van der Waals surface area contributed by atoms with Gasteiger partial charge in [0, 0.05) is 18.1 Å². The number of nitrogens with one attached hydrogen (secondary N) is 1. The zero-order chi connectivity index (χ0) is 18.6. The van der Waals surface area contributed by atoms with Gasteiger partial charge in [-0.05, 0) is 42.8 Å². The molecule has 5 nitrogen and oxygen atoms in total. The van der Waals surface area contributed by atoms with Gasteiger partial charge in [0.05, 0.1) is 11.3 Å². The zero-order valence-electron chi connectivity index (χ0n) is 14.9. The first-order valence-electron chi connectivity index (χ1n) is 8.72. The SMILES string of the molecule is Cc1cccn2cc(COc3ccccc3C(=O)Nc3ccccc3)nc12. The van der Waals surface area contributed by atoms with Gasteiger partial charge in [-0.3, -0.25) is 4.79 Å². The van der Waals surface area contributed by atoms with Gasteiger partial charge in [0.25, 0.3) is 5.91 Å². The summed E-state index contributed by atoms with van der Waals surface area (Å²) in [7, 11) is 0. The Morgan fingerprint density at radius 3 is 2.63 bits per heavy atom. The molecule has 0 fully saturated rings. The number of benzene rings is 2. The third kappa shape index (κ3) is 3.67. The standard InChI is InChI=1S/C22H19N3O2/c1-16-8-7-13-25-14-18(23-21(16)25)15-27-20-12-6-5-11-19(20)22(26)24-17-9-3-2-4-10-17/h2-14H,15H2,1H3,(H,24,26). The maximum Gasteiger partial charge on any atom is 0.259 e. The average Bonchev–Trinajstić information content (AvgIpc) is 3.12. The van der Waals surface area contributed by atoms with Crippen molar-refractivity contribution in [2.24, 2.45) is 0 Å². The molecule has 2 aromatic heterocycles. The van der Waals surface area contributed by atoms with Crippen molar-refractivity contribution >= 4 is 17.2 Å². The van der Waals surface area contributed by atoms with E-state index in [9.17, 15) is 4.79 Å². The fraction of sp³-hybridized carbons (Fsp3) is 0.0909. The molecule has 0 aliphatic rings. The van der Waals surface area contributed by atoms with E-state index in [1.807, 2.05) is 78.3 Å². The highest BCUT2D eigenvalue weighted by Gasteiger charge is 2.13. The van der Waals surface area contributed by atoms with Gasteiger partial charge >= 0.3 is 0 Å². The van der Waals surface area contributed by atoms with Crippen LogP contribution in [0.5, 0.6) is 5.75 Å². The highest BCUT2D eigenvalue weighted by Crippen LogP contribution is 2.21. The molecule has 1 amide bonds. The van der Waals surface area contributed by atoms with Crippen molar-refractivity contribution in [1.82, 2.24) is 9.38 Å². The van der Waals surface area contributed by atoms with E-state index >= 15 is 0 Å². The Kier molecular flexibility index (Phi) is 4.58. The first-order chi connectivity index (χ1) is 13.2. The monoisotopic (exact) mass is 357 g/mol. The highest BCUT2D eigenvalue weighted by atomic mass is 16.5. The highest BCUT2D eigenvalue weighted by molar-refractivity contribution is 6.06. The predicted octanol–water partition coefficient (Wildman–Crippen LogP) is 4.47. The van der Waals surface area contributed by atoms with Gasteiger partial charge in [0.1, 0.15) is 18.0 Å². The van der Waals surface area contributed by atoms with Crippen LogP contribution in [-0.2, 0) is 6.61 Å². The number of pyridine rings is 1. The molecule has 0 spiro atoms. The number of rotatable bonds is 5. The van der Waals surface area contributed by atoms with Gasteiger partial charge in [-0.1, -0.05) is 36.4 Å². The molecular weight excluding hydrogens is 338 g/mol. The van der Waals surface area contributed by atoms with E-state index in [1.165, 1.54) is 0 Å². The normalized spacial score (nSPS) is 10.7. The van der Waals surface area contributed by atoms with Crippen LogP contribution >= 0.6 is 0 Å². The lowest BCUT2D eigenvalue weighted by Gasteiger charge is -2.11. The minimum absolute atomic E-state index is 0.206. The number of ether oxygens (including phenoxy) is 1. The molecule has 0 saturated carbocycles. The van der Waals surface area contributed by atoms with E-state index in [0.29, 0.717) is 11.3 Å². The quantitative estimate of drug-likeness (QED) is 0.573. The molecule has 0 saturated heterocycles. The number of fused-ring (bicyclic) bond motifs is 1. The number of imidazole rings is 1. The van der Waals surface area contributed by atoms with Crippen LogP contribution in [0.1, 0.15) is 21.6 Å². The van der Waals surface area contributed by atoms with Crippen molar-refractivity contribution in [3.63, 3.8) is 0 Å². The van der Waals surface area contributed by atoms with E-state index in [2.05, 4.69) is 10.3 Å². The minimum Gasteiger partial charge on any atom is -0.486 e. The van der Waals surface area contributed by atoms with Crippen LogP contribution in [0.25, 0.3) is 5.65 Å². The van der Waals surface area contributed by atoms with Crippen molar-refractivity contribution in [1.29, 1.82) is 0 Å². The van der Waals surface area contributed by atoms with Crippen molar-refractivity contribution in [3.05, 3.63) is 95.9 Å². The van der Waals surface area contributed by atoms with Crippen molar-refractivity contribution in [3.8, 4) is 5.75 Å². The number of carbonyl (C=O) groups excluding carboxylic acids is 1. The zero-order valence-corrected chi connectivity index (χ0v) is 14.9. The van der Waals surface area contributed by atoms with E-state index < -0.39 is 0 Å². The summed E-state index contributed by atoms with van der Waals surface area (Å²) < 4.78 is 7.89. The third-order valence-electron chi connectivity index (χ3n) is 4.27. The van der Waals surface area contributed by atoms with E-state index in [4.69, 9.17) is 4.74 Å². The third-order valence-corrected chi connectivity index (χ3v) is 4.27. The fourth-order valence-electron chi connectivity index (χ4n) is 2.93.